The van der Waals surface area contributed by atoms with Crippen LogP contribution in [-0.4, -0.2) is 43.3 Å². The fraction of sp³-hybridized carbons (Fsp3) is 0.611. The lowest BCUT2D eigenvalue weighted by Gasteiger charge is -2.31. The van der Waals surface area contributed by atoms with E-state index in [9.17, 15) is 18.0 Å². The molecule has 0 spiro atoms. The van der Waals surface area contributed by atoms with Crippen molar-refractivity contribution in [1.82, 2.24) is 4.90 Å². The molecule has 0 aromatic heterocycles. The van der Waals surface area contributed by atoms with Crippen molar-refractivity contribution in [3.63, 3.8) is 0 Å². The number of hydrogen-bond donors (Lipinski definition) is 1. The summed E-state index contributed by atoms with van der Waals surface area (Å²) < 4.78 is 40.6. The Kier molecular flexibility index (Phi) is 7.25. The Labute approximate surface area is 146 Å². The molecule has 1 aromatic carbocycles. The number of carbonyl (C=O) groups excluding carboxylic acids is 1. The lowest BCUT2D eigenvalue weighted by molar-refractivity contribution is -0.174. The number of hydrogen-bond acceptors (Lipinski definition) is 3. The molecule has 0 aliphatic heterocycles. The summed E-state index contributed by atoms with van der Waals surface area (Å²) in [5, 5.41) is 2.65. The van der Waals surface area contributed by atoms with Gasteiger partial charge in [0.1, 0.15) is 13.2 Å². The summed E-state index contributed by atoms with van der Waals surface area (Å²) in [6, 6.07) is 7.89. The molecular formula is C18H25F3N2O2. The minimum Gasteiger partial charge on any atom is -0.362 e. The molecular weight excluding hydrogens is 333 g/mol. The Bertz CT molecular complexity index is 557. The smallest absolute Gasteiger partial charge is 0.362 e. The zero-order valence-corrected chi connectivity index (χ0v) is 14.4. The van der Waals surface area contributed by atoms with Crippen LogP contribution in [0.3, 0.4) is 0 Å². The summed E-state index contributed by atoms with van der Waals surface area (Å²) in [6.07, 6.45) is 1.69. The van der Waals surface area contributed by atoms with Crippen LogP contribution in [0.2, 0.25) is 0 Å². The third-order valence-electron chi connectivity index (χ3n) is 4.41. The summed E-state index contributed by atoms with van der Waals surface area (Å²) >= 11 is 0. The van der Waals surface area contributed by atoms with Crippen molar-refractivity contribution in [2.24, 2.45) is 0 Å². The molecule has 1 N–H and O–H groups in total. The Morgan fingerprint density at radius 2 is 1.92 bits per heavy atom. The van der Waals surface area contributed by atoms with E-state index in [0.29, 0.717) is 18.3 Å². The van der Waals surface area contributed by atoms with Crippen LogP contribution in [0, 0.1) is 0 Å². The molecule has 1 aliphatic carbocycles. The van der Waals surface area contributed by atoms with Gasteiger partial charge in [0.2, 0.25) is 5.91 Å². The molecule has 0 saturated heterocycles. The number of carbonyl (C=O) groups is 1. The predicted octanol–water partition coefficient (Wildman–Crippen LogP) is 3.97. The number of alkyl halides is 3. The van der Waals surface area contributed by atoms with E-state index in [0.717, 1.165) is 5.56 Å². The average molecular weight is 358 g/mol. The molecule has 1 aromatic rings. The molecule has 1 amide bonds. The molecule has 4 nitrogen and oxygen atoms in total. The maximum atomic E-state index is 12.1. The van der Waals surface area contributed by atoms with Crippen molar-refractivity contribution in [2.75, 3.05) is 25.6 Å². The van der Waals surface area contributed by atoms with Gasteiger partial charge in [-0.25, -0.2) is 0 Å². The van der Waals surface area contributed by atoms with E-state index >= 15 is 0 Å². The quantitative estimate of drug-likeness (QED) is 0.802. The van der Waals surface area contributed by atoms with E-state index in [1.807, 2.05) is 12.1 Å². The first-order valence-electron chi connectivity index (χ1n) is 8.57. The van der Waals surface area contributed by atoms with Crippen molar-refractivity contribution < 1.29 is 22.7 Å². The minimum absolute atomic E-state index is 0.535. The topological polar surface area (TPSA) is 41.6 Å². The number of ether oxygens (including phenoxy) is 1. The molecule has 1 saturated carbocycles. The number of anilines is 1. The summed E-state index contributed by atoms with van der Waals surface area (Å²) in [7, 11) is 2.07. The second kappa shape index (κ2) is 9.20. The van der Waals surface area contributed by atoms with Gasteiger partial charge in [0, 0.05) is 18.3 Å². The monoisotopic (exact) mass is 358 g/mol. The number of nitrogens with zero attached hydrogens (tertiary/aromatic N) is 1. The highest BCUT2D eigenvalue weighted by molar-refractivity contribution is 5.92. The van der Waals surface area contributed by atoms with Crippen LogP contribution in [0.4, 0.5) is 18.9 Å². The summed E-state index contributed by atoms with van der Waals surface area (Å²) in [5.74, 6) is -0.586. The van der Waals surface area contributed by atoms with Gasteiger partial charge in [0.15, 0.2) is 0 Å². The number of amides is 1. The van der Waals surface area contributed by atoms with Gasteiger partial charge < -0.3 is 10.1 Å². The normalized spacial score (nSPS) is 16.2. The first-order chi connectivity index (χ1) is 11.8. The number of halogens is 3. The second-order valence-electron chi connectivity index (χ2n) is 6.52. The van der Waals surface area contributed by atoms with Crippen molar-refractivity contribution >= 4 is 11.6 Å². The van der Waals surface area contributed by atoms with Gasteiger partial charge >= 0.3 is 6.18 Å². The van der Waals surface area contributed by atoms with Crippen molar-refractivity contribution in [3.8, 4) is 0 Å². The van der Waals surface area contributed by atoms with Crippen LogP contribution in [0.5, 0.6) is 0 Å². The van der Waals surface area contributed by atoms with Gasteiger partial charge in [-0.1, -0.05) is 37.5 Å². The van der Waals surface area contributed by atoms with E-state index in [-0.39, 0.29) is 0 Å². The van der Waals surface area contributed by atoms with E-state index in [1.165, 1.54) is 32.1 Å². The van der Waals surface area contributed by atoms with E-state index in [1.54, 1.807) is 12.1 Å². The molecule has 140 valence electrons. The zero-order valence-electron chi connectivity index (χ0n) is 14.4. The van der Waals surface area contributed by atoms with Gasteiger partial charge in [-0.05, 0) is 31.5 Å². The van der Waals surface area contributed by atoms with Crippen LogP contribution in [0.15, 0.2) is 24.3 Å². The van der Waals surface area contributed by atoms with Gasteiger partial charge in [0.05, 0.1) is 0 Å². The Morgan fingerprint density at radius 1 is 1.24 bits per heavy atom. The van der Waals surface area contributed by atoms with Crippen LogP contribution < -0.4 is 5.32 Å². The molecule has 0 radical (unpaired) electrons. The first kappa shape index (κ1) is 19.7. The summed E-state index contributed by atoms with van der Waals surface area (Å²) in [6.45, 7) is -1.36. The highest BCUT2D eigenvalue weighted by atomic mass is 19.4. The third-order valence-corrected chi connectivity index (χ3v) is 4.41. The largest absolute Gasteiger partial charge is 0.411 e. The molecule has 0 bridgehead atoms. The van der Waals surface area contributed by atoms with Gasteiger partial charge in [0.25, 0.3) is 0 Å². The molecule has 0 unspecified atom stereocenters. The Hall–Kier alpha value is -1.60. The number of benzene rings is 1. The molecule has 25 heavy (non-hydrogen) atoms. The van der Waals surface area contributed by atoms with Crippen LogP contribution >= 0.6 is 0 Å². The van der Waals surface area contributed by atoms with Crippen molar-refractivity contribution in [1.29, 1.82) is 0 Å². The lowest BCUT2D eigenvalue weighted by atomic mass is 9.94. The van der Waals surface area contributed by atoms with E-state index < -0.39 is 25.3 Å². The number of para-hydroxylation sites is 1. The lowest BCUT2D eigenvalue weighted by Crippen LogP contribution is -2.33. The standard InChI is InChI=1S/C18H25F3N2O2/c1-23(15-8-3-2-4-9-15)11-14-7-5-6-10-16(14)22-17(24)12-25-13-18(19,20)21/h5-7,10,15H,2-4,8-9,11-13H2,1H3,(H,22,24). The zero-order chi connectivity index (χ0) is 18.3. The first-order valence-corrected chi connectivity index (χ1v) is 8.57. The van der Waals surface area contributed by atoms with Crippen LogP contribution in [0.25, 0.3) is 0 Å². The summed E-state index contributed by atoms with van der Waals surface area (Å²) in [5.41, 5.74) is 1.56. The summed E-state index contributed by atoms with van der Waals surface area (Å²) in [4.78, 5) is 14.1. The fourth-order valence-electron chi connectivity index (χ4n) is 3.15. The molecule has 0 atom stereocenters. The third kappa shape index (κ3) is 7.04. The Morgan fingerprint density at radius 3 is 2.60 bits per heavy atom. The average Bonchev–Trinajstić information content (AvgIpc) is 2.56. The minimum atomic E-state index is -4.43. The fourth-order valence-corrected chi connectivity index (χ4v) is 3.15. The van der Waals surface area contributed by atoms with Crippen molar-refractivity contribution in [3.05, 3.63) is 29.8 Å². The van der Waals surface area contributed by atoms with E-state index in [4.69, 9.17) is 0 Å². The van der Waals surface area contributed by atoms with Gasteiger partial charge in [-0.2, -0.15) is 13.2 Å². The highest BCUT2D eigenvalue weighted by Gasteiger charge is 2.27. The maximum Gasteiger partial charge on any atom is 0.411 e. The van der Waals surface area contributed by atoms with Gasteiger partial charge in [-0.15, -0.1) is 0 Å². The van der Waals surface area contributed by atoms with Gasteiger partial charge in [-0.3, -0.25) is 9.69 Å². The molecule has 1 aliphatic rings. The predicted molar refractivity (Wildman–Crippen MR) is 90.3 cm³/mol. The number of rotatable bonds is 7. The highest BCUT2D eigenvalue weighted by Crippen LogP contribution is 2.25. The maximum absolute atomic E-state index is 12.1. The molecule has 1 fully saturated rings. The van der Waals surface area contributed by atoms with Crippen LogP contribution in [-0.2, 0) is 16.1 Å². The van der Waals surface area contributed by atoms with E-state index in [2.05, 4.69) is 22.0 Å². The number of nitrogens with one attached hydrogen (secondary N) is 1. The molecule has 7 heteroatoms. The molecule has 2 rings (SSSR count). The Balaban J connectivity index is 1.89. The van der Waals surface area contributed by atoms with Crippen LogP contribution in [0.1, 0.15) is 37.7 Å². The molecule has 0 heterocycles. The SMILES string of the molecule is CN(Cc1ccccc1NC(=O)COCC(F)(F)F)C1CCCCC1. The van der Waals surface area contributed by atoms with Crippen molar-refractivity contribution in [2.45, 2.75) is 50.9 Å². The second-order valence-corrected chi connectivity index (χ2v) is 6.52.